The molecule has 1 heterocycles. The largest absolute Gasteiger partial charge is 0.488 e. The Labute approximate surface area is 119 Å². The van der Waals surface area contributed by atoms with E-state index in [1.807, 2.05) is 26.8 Å². The van der Waals surface area contributed by atoms with Crippen molar-refractivity contribution >= 4 is 18.7 Å². The fourth-order valence-corrected chi connectivity index (χ4v) is 2.36. The third-order valence-electron chi connectivity index (χ3n) is 3.23. The molecule has 1 aromatic carbocycles. The lowest BCUT2D eigenvalue weighted by Crippen LogP contribution is -2.43. The highest BCUT2D eigenvalue weighted by Gasteiger charge is 2.28. The van der Waals surface area contributed by atoms with Crippen molar-refractivity contribution in [1.29, 1.82) is 0 Å². The number of carbonyl (C=O) groups is 1. The molecule has 1 aliphatic rings. The molecule has 1 aliphatic heterocycles. The van der Waals surface area contributed by atoms with Gasteiger partial charge in [0, 0.05) is 13.1 Å². The van der Waals surface area contributed by atoms with Crippen LogP contribution in [0.15, 0.2) is 18.2 Å². The molecule has 0 atom stereocenters. The summed E-state index contributed by atoms with van der Waals surface area (Å²) in [7, 11) is -1.47. The molecule has 0 aliphatic carbocycles. The van der Waals surface area contributed by atoms with Gasteiger partial charge in [0.15, 0.2) is 0 Å². The zero-order valence-electron chi connectivity index (χ0n) is 12.1. The van der Waals surface area contributed by atoms with Gasteiger partial charge in [0.05, 0.1) is 0 Å². The summed E-state index contributed by atoms with van der Waals surface area (Å²) in [4.78, 5) is 13.7. The molecule has 1 amide bonds. The first-order valence-corrected chi connectivity index (χ1v) is 6.72. The van der Waals surface area contributed by atoms with E-state index >= 15 is 0 Å². The van der Waals surface area contributed by atoms with Crippen LogP contribution in [0.1, 0.15) is 31.9 Å². The van der Waals surface area contributed by atoms with Crippen LogP contribution in [0.5, 0.6) is 0 Å². The Bertz CT molecular complexity index is 510. The summed E-state index contributed by atoms with van der Waals surface area (Å²) in [5.74, 6) is 0. The molecule has 5 nitrogen and oxygen atoms in total. The van der Waals surface area contributed by atoms with E-state index < -0.39 is 12.7 Å². The predicted molar refractivity (Wildman–Crippen MR) is 76.6 cm³/mol. The Kier molecular flexibility index (Phi) is 4.06. The summed E-state index contributed by atoms with van der Waals surface area (Å²) in [5.41, 5.74) is 1.86. The van der Waals surface area contributed by atoms with Crippen LogP contribution >= 0.6 is 0 Å². The van der Waals surface area contributed by atoms with Crippen molar-refractivity contribution in [1.82, 2.24) is 4.90 Å². The van der Waals surface area contributed by atoms with Gasteiger partial charge in [-0.1, -0.05) is 18.2 Å². The minimum absolute atomic E-state index is 0.335. The van der Waals surface area contributed by atoms with Crippen molar-refractivity contribution in [2.45, 2.75) is 39.3 Å². The number of hydrogen-bond acceptors (Lipinski definition) is 4. The van der Waals surface area contributed by atoms with Gasteiger partial charge >= 0.3 is 13.2 Å². The second-order valence-corrected chi connectivity index (χ2v) is 6.01. The predicted octanol–water partition coefficient (Wildman–Crippen LogP) is 0.660. The smallest absolute Gasteiger partial charge is 0.444 e. The Morgan fingerprint density at radius 2 is 2.05 bits per heavy atom. The summed E-state index contributed by atoms with van der Waals surface area (Å²) in [6.07, 6.45) is 0.264. The van der Waals surface area contributed by atoms with Crippen LogP contribution in [0.25, 0.3) is 0 Å². The number of amides is 1. The number of ether oxygens (including phenoxy) is 1. The SMILES string of the molecule is CC(C)(C)OC(=O)N1CCc2c(cccc2B(O)O)C1. The van der Waals surface area contributed by atoms with Crippen molar-refractivity contribution < 1.29 is 19.6 Å². The lowest BCUT2D eigenvalue weighted by Gasteiger charge is -2.32. The molecule has 0 aromatic heterocycles. The van der Waals surface area contributed by atoms with Gasteiger partial charge in [-0.3, -0.25) is 0 Å². The monoisotopic (exact) mass is 277 g/mol. The molecule has 0 saturated carbocycles. The molecule has 1 aromatic rings. The topological polar surface area (TPSA) is 70.0 Å². The fraction of sp³-hybridized carbons (Fsp3) is 0.500. The Balaban J connectivity index is 2.16. The Morgan fingerprint density at radius 1 is 1.35 bits per heavy atom. The van der Waals surface area contributed by atoms with Crippen LogP contribution in [0.2, 0.25) is 0 Å². The van der Waals surface area contributed by atoms with Gasteiger partial charge in [-0.05, 0) is 43.8 Å². The maximum atomic E-state index is 12.0. The van der Waals surface area contributed by atoms with Crippen molar-refractivity contribution in [3.05, 3.63) is 29.3 Å². The highest BCUT2D eigenvalue weighted by Crippen LogP contribution is 2.20. The number of rotatable bonds is 1. The summed E-state index contributed by atoms with van der Waals surface area (Å²) in [5, 5.41) is 18.7. The standard InChI is InChI=1S/C14H20BNO4/c1-14(2,3)20-13(17)16-8-7-11-10(9-16)5-4-6-12(11)15(18)19/h4-6,18-19H,7-9H2,1-3H3. The van der Waals surface area contributed by atoms with Crippen LogP contribution in [0.4, 0.5) is 4.79 Å². The summed E-state index contributed by atoms with van der Waals surface area (Å²) in [6, 6.07) is 5.37. The maximum Gasteiger partial charge on any atom is 0.488 e. The van der Waals surface area contributed by atoms with Crippen LogP contribution in [0.3, 0.4) is 0 Å². The molecule has 2 N–H and O–H groups in total. The molecule has 0 fully saturated rings. The lowest BCUT2D eigenvalue weighted by molar-refractivity contribution is 0.0224. The van der Waals surface area contributed by atoms with Crippen LogP contribution in [-0.2, 0) is 17.7 Å². The molecule has 6 heteroatoms. The number of hydrogen-bond donors (Lipinski definition) is 2. The molecule has 0 radical (unpaired) electrons. The zero-order valence-corrected chi connectivity index (χ0v) is 12.1. The van der Waals surface area contributed by atoms with Gasteiger partial charge in [0.25, 0.3) is 0 Å². The molecule has 0 unspecified atom stereocenters. The zero-order chi connectivity index (χ0) is 14.9. The highest BCUT2D eigenvalue weighted by atomic mass is 16.6. The van der Waals surface area contributed by atoms with E-state index in [-0.39, 0.29) is 6.09 Å². The van der Waals surface area contributed by atoms with Crippen molar-refractivity contribution in [3.63, 3.8) is 0 Å². The van der Waals surface area contributed by atoms with Gasteiger partial charge < -0.3 is 19.7 Å². The molecule has 0 saturated heterocycles. The third kappa shape index (κ3) is 3.32. The van der Waals surface area contributed by atoms with Gasteiger partial charge in [-0.15, -0.1) is 0 Å². The number of fused-ring (bicyclic) bond motifs is 1. The van der Waals surface area contributed by atoms with Gasteiger partial charge in [-0.25, -0.2) is 4.79 Å². The maximum absolute atomic E-state index is 12.0. The minimum Gasteiger partial charge on any atom is -0.444 e. The van der Waals surface area contributed by atoms with E-state index in [1.54, 1.807) is 17.0 Å². The summed E-state index contributed by atoms with van der Waals surface area (Å²) >= 11 is 0. The first-order valence-electron chi connectivity index (χ1n) is 6.72. The van der Waals surface area contributed by atoms with Crippen LogP contribution in [0, 0.1) is 0 Å². The second kappa shape index (κ2) is 5.46. The van der Waals surface area contributed by atoms with E-state index in [0.29, 0.717) is 25.0 Å². The Morgan fingerprint density at radius 3 is 2.65 bits per heavy atom. The van der Waals surface area contributed by atoms with E-state index in [4.69, 9.17) is 4.74 Å². The first-order chi connectivity index (χ1) is 9.28. The van der Waals surface area contributed by atoms with Crippen molar-refractivity contribution in [2.24, 2.45) is 0 Å². The third-order valence-corrected chi connectivity index (χ3v) is 3.23. The minimum atomic E-state index is -1.47. The first kappa shape index (κ1) is 14.9. The van der Waals surface area contributed by atoms with Gasteiger partial charge in [0.2, 0.25) is 0 Å². The van der Waals surface area contributed by atoms with Crippen LogP contribution in [-0.4, -0.2) is 40.3 Å². The second-order valence-electron chi connectivity index (χ2n) is 6.01. The lowest BCUT2D eigenvalue weighted by atomic mass is 9.74. The molecule has 0 bridgehead atoms. The van der Waals surface area contributed by atoms with Crippen molar-refractivity contribution in [3.8, 4) is 0 Å². The number of nitrogens with zero attached hydrogens (tertiary/aromatic N) is 1. The normalized spacial score (nSPS) is 14.8. The Hall–Kier alpha value is -1.53. The van der Waals surface area contributed by atoms with Gasteiger partial charge in [-0.2, -0.15) is 0 Å². The van der Waals surface area contributed by atoms with Crippen molar-refractivity contribution in [2.75, 3.05) is 6.54 Å². The highest BCUT2D eigenvalue weighted by molar-refractivity contribution is 6.59. The quantitative estimate of drug-likeness (QED) is 0.740. The molecular weight excluding hydrogens is 257 g/mol. The van der Waals surface area contributed by atoms with E-state index in [2.05, 4.69) is 0 Å². The molecule has 20 heavy (non-hydrogen) atoms. The van der Waals surface area contributed by atoms with E-state index in [9.17, 15) is 14.8 Å². The number of carbonyl (C=O) groups excluding carboxylic acids is 1. The average molecular weight is 277 g/mol. The fourth-order valence-electron chi connectivity index (χ4n) is 2.36. The van der Waals surface area contributed by atoms with Crippen LogP contribution < -0.4 is 5.46 Å². The summed E-state index contributed by atoms with van der Waals surface area (Å²) in [6.45, 7) is 6.46. The molecule has 108 valence electrons. The molecule has 2 rings (SSSR count). The van der Waals surface area contributed by atoms with E-state index in [1.165, 1.54) is 0 Å². The molecule has 0 spiro atoms. The number of benzene rings is 1. The molecular formula is C14H20BNO4. The van der Waals surface area contributed by atoms with Gasteiger partial charge in [0.1, 0.15) is 5.60 Å². The summed E-state index contributed by atoms with van der Waals surface area (Å²) < 4.78 is 5.36. The average Bonchev–Trinajstić information content (AvgIpc) is 2.35. The van der Waals surface area contributed by atoms with E-state index in [0.717, 1.165) is 11.1 Å².